The third-order valence-electron chi connectivity index (χ3n) is 5.93. The molecule has 0 aliphatic heterocycles. The van der Waals surface area contributed by atoms with Crippen molar-refractivity contribution in [2.75, 3.05) is 6.54 Å². The predicted molar refractivity (Wildman–Crippen MR) is 150 cm³/mol. The number of carbonyl (C=O) groups is 3. The first kappa shape index (κ1) is 31.7. The van der Waals surface area contributed by atoms with E-state index in [1.807, 2.05) is 37.3 Å². The third kappa shape index (κ3) is 11.1. The van der Waals surface area contributed by atoms with Crippen LogP contribution in [0, 0.1) is 10.1 Å². The zero-order chi connectivity index (χ0) is 29.7. The maximum absolute atomic E-state index is 13.3. The van der Waals surface area contributed by atoms with Crippen molar-refractivity contribution < 1.29 is 24.4 Å². The fourth-order valence-corrected chi connectivity index (χ4v) is 3.92. The number of nitro groups is 1. The van der Waals surface area contributed by atoms with Crippen LogP contribution >= 0.6 is 0 Å². The maximum Gasteiger partial charge on any atom is 0.269 e. The summed E-state index contributed by atoms with van der Waals surface area (Å²) in [7, 11) is 0. The highest BCUT2D eigenvalue weighted by Crippen LogP contribution is 2.14. The molecule has 0 saturated heterocycles. The van der Waals surface area contributed by atoms with E-state index in [1.165, 1.54) is 31.2 Å². The molecule has 2 aromatic rings. The van der Waals surface area contributed by atoms with Crippen molar-refractivity contribution in [3.63, 3.8) is 0 Å². The van der Waals surface area contributed by atoms with E-state index >= 15 is 0 Å². The molecule has 0 heterocycles. The van der Waals surface area contributed by atoms with Crippen LogP contribution in [0.15, 0.2) is 59.6 Å². The van der Waals surface area contributed by atoms with Gasteiger partial charge in [0.25, 0.3) is 5.69 Å². The van der Waals surface area contributed by atoms with Gasteiger partial charge in [0.2, 0.25) is 17.7 Å². The van der Waals surface area contributed by atoms with Crippen LogP contribution in [-0.4, -0.2) is 64.5 Å². The average Bonchev–Trinajstić information content (AvgIpc) is 2.89. The van der Waals surface area contributed by atoms with Crippen molar-refractivity contribution >= 4 is 29.4 Å². The summed E-state index contributed by atoms with van der Waals surface area (Å²) in [5.74, 6) is -1.84. The van der Waals surface area contributed by atoms with E-state index in [2.05, 4.69) is 20.9 Å². The van der Waals surface area contributed by atoms with Crippen LogP contribution < -0.4 is 27.4 Å². The first-order valence-electron chi connectivity index (χ1n) is 12.9. The standard InChI is InChI=1S/C27H37N7O6/c1-17(15-19-7-4-3-5-8-19)31-26(38)24(18(2)35)33-25(37)22(32-23(36)9-6-14-30-27(28)29)16-20-10-12-21(13-11-20)34(39)40/h3-5,7-8,10-13,17-18,22,24,35H,6,9,14-16H2,1-2H3,(H,31,38)(H,32,36)(H,33,37)(H4,28,29,30)/t17-,18?,22-,24-/m0/s1. The van der Waals surface area contributed by atoms with Crippen LogP contribution in [0.1, 0.15) is 37.8 Å². The Morgan fingerprint density at radius 3 is 2.12 bits per heavy atom. The maximum atomic E-state index is 13.3. The van der Waals surface area contributed by atoms with Gasteiger partial charge in [-0.25, -0.2) is 0 Å². The molecule has 0 radical (unpaired) electrons. The molecule has 0 aliphatic carbocycles. The second-order valence-electron chi connectivity index (χ2n) is 9.48. The van der Waals surface area contributed by atoms with Crippen LogP contribution in [0.3, 0.4) is 0 Å². The van der Waals surface area contributed by atoms with E-state index < -0.39 is 40.8 Å². The van der Waals surface area contributed by atoms with Gasteiger partial charge in [-0.3, -0.25) is 29.5 Å². The number of nitrogens with zero attached hydrogens (tertiary/aromatic N) is 2. The zero-order valence-electron chi connectivity index (χ0n) is 22.6. The Morgan fingerprint density at radius 2 is 1.55 bits per heavy atom. The summed E-state index contributed by atoms with van der Waals surface area (Å²) in [6, 6.07) is 12.4. The third-order valence-corrected chi connectivity index (χ3v) is 5.93. The molecule has 13 heteroatoms. The Morgan fingerprint density at radius 1 is 0.925 bits per heavy atom. The number of non-ortho nitro benzene ring substituents is 1. The van der Waals surface area contributed by atoms with Crippen LogP contribution in [0.4, 0.5) is 5.69 Å². The Balaban J connectivity index is 2.12. The van der Waals surface area contributed by atoms with Crippen LogP contribution in [0.2, 0.25) is 0 Å². The predicted octanol–water partition coefficient (Wildman–Crippen LogP) is 0.289. The minimum absolute atomic E-state index is 0.0119. The lowest BCUT2D eigenvalue weighted by Crippen LogP contribution is -2.58. The number of aliphatic hydroxyl groups excluding tert-OH is 1. The number of hydrogen-bond donors (Lipinski definition) is 6. The number of amides is 3. The molecular formula is C27H37N7O6. The van der Waals surface area contributed by atoms with Gasteiger partial charge < -0.3 is 32.5 Å². The molecule has 8 N–H and O–H groups in total. The van der Waals surface area contributed by atoms with Gasteiger partial charge in [0.1, 0.15) is 12.1 Å². The molecule has 3 amide bonds. The zero-order valence-corrected chi connectivity index (χ0v) is 22.6. The van der Waals surface area contributed by atoms with Crippen molar-refractivity contribution in [1.29, 1.82) is 0 Å². The van der Waals surface area contributed by atoms with Gasteiger partial charge in [-0.1, -0.05) is 42.5 Å². The fourth-order valence-electron chi connectivity index (χ4n) is 3.92. The minimum atomic E-state index is -1.29. The number of hydrogen-bond acceptors (Lipinski definition) is 7. The quantitative estimate of drug-likeness (QED) is 0.0589. The summed E-state index contributed by atoms with van der Waals surface area (Å²) < 4.78 is 0. The number of nitro benzene ring substituents is 1. The molecule has 1 unspecified atom stereocenters. The van der Waals surface area contributed by atoms with Crippen molar-refractivity contribution in [1.82, 2.24) is 16.0 Å². The molecule has 40 heavy (non-hydrogen) atoms. The molecule has 0 saturated carbocycles. The summed E-state index contributed by atoms with van der Waals surface area (Å²) in [5.41, 5.74) is 12.0. The van der Waals surface area contributed by atoms with E-state index in [0.717, 1.165) is 5.56 Å². The van der Waals surface area contributed by atoms with Gasteiger partial charge in [-0.05, 0) is 37.8 Å². The normalized spacial score (nSPS) is 13.7. The van der Waals surface area contributed by atoms with Crippen LogP contribution in [-0.2, 0) is 27.2 Å². The summed E-state index contributed by atoms with van der Waals surface area (Å²) in [4.78, 5) is 53.1. The largest absolute Gasteiger partial charge is 0.391 e. The van der Waals surface area contributed by atoms with E-state index in [0.29, 0.717) is 18.4 Å². The van der Waals surface area contributed by atoms with Crippen molar-refractivity contribution in [3.05, 3.63) is 75.8 Å². The van der Waals surface area contributed by atoms with Crippen LogP contribution in [0.25, 0.3) is 0 Å². The highest BCUT2D eigenvalue weighted by molar-refractivity contribution is 5.92. The molecule has 2 aromatic carbocycles. The van der Waals surface area contributed by atoms with Gasteiger partial charge in [0, 0.05) is 37.6 Å². The minimum Gasteiger partial charge on any atom is -0.391 e. The van der Waals surface area contributed by atoms with E-state index in [9.17, 15) is 29.6 Å². The van der Waals surface area contributed by atoms with Gasteiger partial charge in [-0.15, -0.1) is 0 Å². The molecule has 2 rings (SSSR count). The van der Waals surface area contributed by atoms with E-state index in [4.69, 9.17) is 11.5 Å². The van der Waals surface area contributed by atoms with Gasteiger partial charge >= 0.3 is 0 Å². The molecule has 13 nitrogen and oxygen atoms in total. The molecule has 0 aliphatic rings. The summed E-state index contributed by atoms with van der Waals surface area (Å²) in [6.07, 6.45) is -0.345. The van der Waals surface area contributed by atoms with Gasteiger partial charge in [0.15, 0.2) is 5.96 Å². The number of nitrogens with one attached hydrogen (secondary N) is 3. The summed E-state index contributed by atoms with van der Waals surface area (Å²) in [5, 5.41) is 29.3. The van der Waals surface area contributed by atoms with Crippen LogP contribution in [0.5, 0.6) is 0 Å². The molecule has 216 valence electrons. The Hall–Kier alpha value is -4.52. The molecule has 0 bridgehead atoms. The second kappa shape index (κ2) is 15.8. The smallest absolute Gasteiger partial charge is 0.269 e. The van der Waals surface area contributed by atoms with Crippen molar-refractivity contribution in [2.24, 2.45) is 16.5 Å². The van der Waals surface area contributed by atoms with E-state index in [1.54, 1.807) is 0 Å². The lowest BCUT2D eigenvalue weighted by Gasteiger charge is -2.26. The number of aliphatic hydroxyl groups is 1. The lowest BCUT2D eigenvalue weighted by molar-refractivity contribution is -0.384. The molecule has 0 spiro atoms. The molecular weight excluding hydrogens is 518 g/mol. The molecule has 0 fully saturated rings. The summed E-state index contributed by atoms with van der Waals surface area (Å²) in [6.45, 7) is 3.41. The second-order valence-corrected chi connectivity index (χ2v) is 9.48. The first-order valence-corrected chi connectivity index (χ1v) is 12.9. The van der Waals surface area contributed by atoms with Gasteiger partial charge in [0.05, 0.1) is 11.0 Å². The van der Waals surface area contributed by atoms with Crippen molar-refractivity contribution in [3.8, 4) is 0 Å². The van der Waals surface area contributed by atoms with Crippen molar-refractivity contribution in [2.45, 2.75) is 63.8 Å². The molecule has 4 atom stereocenters. The summed E-state index contributed by atoms with van der Waals surface area (Å²) >= 11 is 0. The highest BCUT2D eigenvalue weighted by atomic mass is 16.6. The number of benzene rings is 2. The number of guanidine groups is 1. The Bertz CT molecular complexity index is 1170. The SMILES string of the molecule is CC(O)[C@H](NC(=O)[C@H](Cc1ccc([N+](=O)[O-])cc1)NC(=O)CCCN=C(N)N)C(=O)N[C@@H](C)Cc1ccccc1. The van der Waals surface area contributed by atoms with Gasteiger partial charge in [-0.2, -0.15) is 0 Å². The lowest BCUT2D eigenvalue weighted by atomic mass is 10.0. The first-order chi connectivity index (χ1) is 19.0. The topological polar surface area (TPSA) is 215 Å². The molecule has 0 aromatic heterocycles. The number of aliphatic imine (C=N–C) groups is 1. The number of rotatable bonds is 15. The highest BCUT2D eigenvalue weighted by Gasteiger charge is 2.30. The number of nitrogens with two attached hydrogens (primary N) is 2. The monoisotopic (exact) mass is 555 g/mol. The number of carbonyl (C=O) groups excluding carboxylic acids is 3. The average molecular weight is 556 g/mol. The van der Waals surface area contributed by atoms with E-state index in [-0.39, 0.29) is 37.1 Å². The fraction of sp³-hybridized carbons (Fsp3) is 0.407. The Labute approximate surface area is 232 Å². The Kier molecular flexibility index (Phi) is 12.5.